The van der Waals surface area contributed by atoms with Crippen molar-refractivity contribution in [1.29, 1.82) is 5.26 Å². The largest absolute Gasteiger partial charge is 0.418 e. The smallest absolute Gasteiger partial charge is 0.309 e. The van der Waals surface area contributed by atoms with Crippen molar-refractivity contribution in [3.8, 4) is 50.8 Å². The SMILES string of the molecule is Cc1cc(C)cc(-c2ccc3c(c2)c2ccccc2n3-c2cc(C(F)(F)F)c(-n3c4ccccc4c4cc(-c5cc(C)cc(C)c5)ccc43)cc2-c2cccc(C#N)c2)c1. The van der Waals surface area contributed by atoms with Gasteiger partial charge in [0.2, 0.25) is 0 Å². The molecule has 2 aromatic heterocycles. The van der Waals surface area contributed by atoms with Crippen LogP contribution in [-0.4, -0.2) is 9.13 Å². The molecule has 8 aromatic carbocycles. The number of rotatable bonds is 5. The Balaban J connectivity index is 1.29. The van der Waals surface area contributed by atoms with Gasteiger partial charge in [-0.05, 0) is 116 Å². The number of alkyl halides is 3. The second-order valence-corrected chi connectivity index (χ2v) is 16.0. The zero-order valence-electron chi connectivity index (χ0n) is 33.5. The number of hydrogen-bond acceptors (Lipinski definition) is 1. The molecule has 10 rings (SSSR count). The Morgan fingerprint density at radius 2 is 0.900 bits per heavy atom. The molecule has 0 atom stereocenters. The molecule has 290 valence electrons. The lowest BCUT2D eigenvalue weighted by Gasteiger charge is -2.22. The summed E-state index contributed by atoms with van der Waals surface area (Å²) in [6.07, 6.45) is -4.73. The first-order valence-corrected chi connectivity index (χ1v) is 20.0. The van der Waals surface area contributed by atoms with Gasteiger partial charge in [-0.25, -0.2) is 0 Å². The van der Waals surface area contributed by atoms with E-state index in [1.807, 2.05) is 83.4 Å². The molecule has 0 aliphatic heterocycles. The highest BCUT2D eigenvalue weighted by Gasteiger charge is 2.37. The van der Waals surface area contributed by atoms with Crippen LogP contribution in [0.1, 0.15) is 33.4 Å². The van der Waals surface area contributed by atoms with E-state index in [4.69, 9.17) is 0 Å². The van der Waals surface area contributed by atoms with Crippen LogP contribution in [-0.2, 0) is 6.18 Å². The standard InChI is InChI=1S/C54H38F3N3/c1-32-20-33(2)23-40(22-32)37-16-18-50-45(27-37)42-12-5-7-14-48(42)59(50)52-30-47(54(55,56)57)53(29-44(52)39-11-9-10-36(26-39)31-58)60-49-15-8-6-13-43(49)46-28-38(17-19-51(46)60)41-24-34(3)21-35(4)25-41/h5-30H,1-4H3. The second kappa shape index (κ2) is 13.9. The van der Waals surface area contributed by atoms with Gasteiger partial charge in [0.25, 0.3) is 0 Å². The number of nitriles is 1. The average molecular weight is 786 g/mol. The minimum atomic E-state index is -4.73. The molecule has 3 nitrogen and oxygen atoms in total. The average Bonchev–Trinajstić information content (AvgIpc) is 3.74. The zero-order valence-corrected chi connectivity index (χ0v) is 33.5. The molecule has 0 unspecified atom stereocenters. The van der Waals surface area contributed by atoms with E-state index in [0.717, 1.165) is 77.1 Å². The molecular formula is C54H38F3N3. The number of nitrogens with zero attached hydrogens (tertiary/aromatic N) is 3. The first-order valence-electron chi connectivity index (χ1n) is 20.0. The third kappa shape index (κ3) is 6.13. The minimum Gasteiger partial charge on any atom is -0.309 e. The Labute approximate surface area is 345 Å². The Kier molecular flexibility index (Phi) is 8.55. The van der Waals surface area contributed by atoms with Crippen LogP contribution in [0.5, 0.6) is 0 Å². The van der Waals surface area contributed by atoms with Gasteiger partial charge >= 0.3 is 6.18 Å². The van der Waals surface area contributed by atoms with E-state index >= 15 is 13.2 Å². The first-order chi connectivity index (χ1) is 28.9. The highest BCUT2D eigenvalue weighted by atomic mass is 19.4. The highest BCUT2D eigenvalue weighted by Crippen LogP contribution is 2.46. The monoisotopic (exact) mass is 785 g/mol. The lowest BCUT2D eigenvalue weighted by Crippen LogP contribution is -2.13. The highest BCUT2D eigenvalue weighted by molar-refractivity contribution is 6.12. The maximum absolute atomic E-state index is 15.9. The van der Waals surface area contributed by atoms with Crippen LogP contribution in [0.2, 0.25) is 0 Å². The third-order valence-electron chi connectivity index (χ3n) is 11.7. The number of para-hydroxylation sites is 2. The quantitative estimate of drug-likeness (QED) is 0.171. The van der Waals surface area contributed by atoms with Crippen LogP contribution in [0.25, 0.3) is 88.4 Å². The van der Waals surface area contributed by atoms with Crippen molar-refractivity contribution in [3.63, 3.8) is 0 Å². The summed E-state index contributed by atoms with van der Waals surface area (Å²) in [5, 5.41) is 13.6. The molecule has 0 amide bonds. The summed E-state index contributed by atoms with van der Waals surface area (Å²) in [7, 11) is 0. The summed E-state index contributed by atoms with van der Waals surface area (Å²) < 4.78 is 51.5. The van der Waals surface area contributed by atoms with Gasteiger partial charge < -0.3 is 9.13 Å². The fourth-order valence-corrected chi connectivity index (χ4v) is 9.27. The number of aryl methyl sites for hydroxylation is 4. The van der Waals surface area contributed by atoms with Crippen LogP contribution in [0.4, 0.5) is 13.2 Å². The summed E-state index contributed by atoms with van der Waals surface area (Å²) in [6.45, 7) is 8.29. The summed E-state index contributed by atoms with van der Waals surface area (Å²) in [6, 6.07) is 52.9. The van der Waals surface area contributed by atoms with Gasteiger partial charge in [0.05, 0.1) is 50.6 Å². The summed E-state index contributed by atoms with van der Waals surface area (Å²) in [4.78, 5) is 0. The molecule has 0 aliphatic rings. The Morgan fingerprint density at radius 3 is 1.40 bits per heavy atom. The van der Waals surface area contributed by atoms with Gasteiger partial charge in [0.15, 0.2) is 0 Å². The molecule has 0 aliphatic carbocycles. The zero-order chi connectivity index (χ0) is 41.4. The Morgan fingerprint density at radius 1 is 0.417 bits per heavy atom. The summed E-state index contributed by atoms with van der Waals surface area (Å²) >= 11 is 0. The molecule has 10 aromatic rings. The minimum absolute atomic E-state index is 0.00633. The van der Waals surface area contributed by atoms with Crippen molar-refractivity contribution >= 4 is 43.6 Å². The van der Waals surface area contributed by atoms with Gasteiger partial charge in [0, 0.05) is 27.1 Å². The first kappa shape index (κ1) is 36.9. The van der Waals surface area contributed by atoms with Crippen molar-refractivity contribution in [2.45, 2.75) is 33.9 Å². The molecule has 0 saturated carbocycles. The van der Waals surface area contributed by atoms with E-state index in [9.17, 15) is 5.26 Å². The summed E-state index contributed by atoms with van der Waals surface area (Å²) in [5.41, 5.74) is 12.8. The molecule has 0 fully saturated rings. The maximum atomic E-state index is 15.9. The van der Waals surface area contributed by atoms with Crippen molar-refractivity contribution in [1.82, 2.24) is 9.13 Å². The number of halogens is 3. The van der Waals surface area contributed by atoms with Crippen LogP contribution in [0, 0.1) is 39.0 Å². The number of aromatic nitrogens is 2. The molecule has 0 saturated heterocycles. The van der Waals surface area contributed by atoms with Crippen LogP contribution >= 0.6 is 0 Å². The summed E-state index contributed by atoms with van der Waals surface area (Å²) in [5.74, 6) is 0. The van der Waals surface area contributed by atoms with Gasteiger partial charge in [-0.2, -0.15) is 18.4 Å². The van der Waals surface area contributed by atoms with Crippen molar-refractivity contribution in [3.05, 3.63) is 191 Å². The fraction of sp³-hybridized carbons (Fsp3) is 0.0926. The topological polar surface area (TPSA) is 33.6 Å². The van der Waals surface area contributed by atoms with Crippen LogP contribution < -0.4 is 0 Å². The molecule has 2 heterocycles. The second-order valence-electron chi connectivity index (χ2n) is 16.0. The Hall–Kier alpha value is -7.36. The van der Waals surface area contributed by atoms with Gasteiger partial charge in [-0.1, -0.05) is 119 Å². The maximum Gasteiger partial charge on any atom is 0.418 e. The molecule has 0 radical (unpaired) electrons. The van der Waals surface area contributed by atoms with E-state index in [-0.39, 0.29) is 5.69 Å². The number of benzene rings is 8. The Bertz CT molecular complexity index is 3390. The van der Waals surface area contributed by atoms with Crippen molar-refractivity contribution < 1.29 is 13.2 Å². The third-order valence-corrected chi connectivity index (χ3v) is 11.7. The number of hydrogen-bond donors (Lipinski definition) is 0. The predicted octanol–water partition coefficient (Wildman–Crippen LogP) is 15.0. The van der Waals surface area contributed by atoms with E-state index in [2.05, 4.69) is 82.3 Å². The van der Waals surface area contributed by atoms with E-state index in [0.29, 0.717) is 33.4 Å². The van der Waals surface area contributed by atoms with Gasteiger partial charge in [-0.3, -0.25) is 0 Å². The van der Waals surface area contributed by atoms with Crippen molar-refractivity contribution in [2.24, 2.45) is 0 Å². The lowest BCUT2D eigenvalue weighted by atomic mass is 9.97. The van der Waals surface area contributed by atoms with Crippen LogP contribution in [0.3, 0.4) is 0 Å². The molecular weight excluding hydrogens is 748 g/mol. The van der Waals surface area contributed by atoms with Gasteiger partial charge in [0.1, 0.15) is 0 Å². The molecule has 0 bridgehead atoms. The van der Waals surface area contributed by atoms with E-state index in [1.165, 1.54) is 6.07 Å². The van der Waals surface area contributed by atoms with E-state index < -0.39 is 11.7 Å². The predicted molar refractivity (Wildman–Crippen MR) is 240 cm³/mol. The molecule has 0 N–H and O–H groups in total. The molecule has 6 heteroatoms. The molecule has 0 spiro atoms. The van der Waals surface area contributed by atoms with Crippen molar-refractivity contribution in [2.75, 3.05) is 0 Å². The van der Waals surface area contributed by atoms with E-state index in [1.54, 1.807) is 28.8 Å². The van der Waals surface area contributed by atoms with Crippen LogP contribution in [0.15, 0.2) is 158 Å². The fourth-order valence-electron chi connectivity index (χ4n) is 9.27. The van der Waals surface area contributed by atoms with Gasteiger partial charge in [-0.15, -0.1) is 0 Å². The number of fused-ring (bicyclic) bond motifs is 6. The lowest BCUT2D eigenvalue weighted by molar-refractivity contribution is -0.137. The normalized spacial score (nSPS) is 11.9. The molecule has 60 heavy (non-hydrogen) atoms.